The SMILES string of the molecule is CCc1ccc(NC(=O)Nc2ccccc2)cc1. The van der Waals surface area contributed by atoms with Crippen molar-refractivity contribution >= 4 is 17.4 Å². The van der Waals surface area contributed by atoms with Crippen LogP contribution in [0.15, 0.2) is 54.6 Å². The minimum atomic E-state index is -0.231. The van der Waals surface area contributed by atoms with Gasteiger partial charge in [-0.3, -0.25) is 0 Å². The number of carbonyl (C=O) groups excluding carboxylic acids is 1. The Labute approximate surface area is 107 Å². The van der Waals surface area contributed by atoms with E-state index in [1.54, 1.807) is 0 Å². The molecule has 0 aliphatic heterocycles. The van der Waals surface area contributed by atoms with Crippen molar-refractivity contribution in [3.8, 4) is 0 Å². The average molecular weight is 240 g/mol. The number of carbonyl (C=O) groups is 1. The van der Waals surface area contributed by atoms with Gasteiger partial charge >= 0.3 is 6.03 Å². The Morgan fingerprint density at radius 1 is 0.889 bits per heavy atom. The Morgan fingerprint density at radius 3 is 2.00 bits per heavy atom. The van der Waals surface area contributed by atoms with Crippen molar-refractivity contribution in [2.24, 2.45) is 0 Å². The second kappa shape index (κ2) is 5.87. The Kier molecular flexibility index (Phi) is 3.97. The Hall–Kier alpha value is -2.29. The summed E-state index contributed by atoms with van der Waals surface area (Å²) in [5.74, 6) is 0. The van der Waals surface area contributed by atoms with Crippen LogP contribution in [0.1, 0.15) is 12.5 Å². The molecule has 0 aliphatic carbocycles. The first kappa shape index (κ1) is 12.2. The van der Waals surface area contributed by atoms with Crippen molar-refractivity contribution in [3.63, 3.8) is 0 Å². The smallest absolute Gasteiger partial charge is 0.308 e. The fourth-order valence-electron chi connectivity index (χ4n) is 1.64. The van der Waals surface area contributed by atoms with Crippen LogP contribution in [0.4, 0.5) is 16.2 Å². The lowest BCUT2D eigenvalue weighted by atomic mass is 10.1. The zero-order chi connectivity index (χ0) is 12.8. The quantitative estimate of drug-likeness (QED) is 0.839. The van der Waals surface area contributed by atoms with Crippen molar-refractivity contribution in [2.45, 2.75) is 13.3 Å². The average Bonchev–Trinajstić information content (AvgIpc) is 2.40. The van der Waals surface area contributed by atoms with Gasteiger partial charge in [0, 0.05) is 11.4 Å². The fourth-order valence-corrected chi connectivity index (χ4v) is 1.64. The van der Waals surface area contributed by atoms with Gasteiger partial charge in [0.15, 0.2) is 0 Å². The molecular weight excluding hydrogens is 224 g/mol. The largest absolute Gasteiger partial charge is 0.323 e. The molecule has 2 N–H and O–H groups in total. The molecule has 0 aliphatic rings. The highest BCUT2D eigenvalue weighted by Gasteiger charge is 2.01. The summed E-state index contributed by atoms with van der Waals surface area (Å²) in [4.78, 5) is 11.7. The molecule has 2 aromatic carbocycles. The number of rotatable bonds is 3. The van der Waals surface area contributed by atoms with Gasteiger partial charge in [-0.25, -0.2) is 4.79 Å². The molecule has 3 nitrogen and oxygen atoms in total. The number of urea groups is 1. The van der Waals surface area contributed by atoms with Gasteiger partial charge in [-0.2, -0.15) is 0 Å². The molecule has 0 spiro atoms. The molecule has 2 aromatic rings. The van der Waals surface area contributed by atoms with E-state index in [4.69, 9.17) is 0 Å². The standard InChI is InChI=1S/C15H16N2O/c1-2-12-8-10-14(11-9-12)17-15(18)16-13-6-4-3-5-7-13/h3-11H,2H2,1H3,(H2,16,17,18). The highest BCUT2D eigenvalue weighted by atomic mass is 16.2. The molecule has 92 valence electrons. The van der Waals surface area contributed by atoms with Crippen LogP contribution in [0, 0.1) is 0 Å². The molecule has 0 saturated heterocycles. The number of hydrogen-bond donors (Lipinski definition) is 2. The normalized spacial score (nSPS) is 9.83. The van der Waals surface area contributed by atoms with Crippen LogP contribution >= 0.6 is 0 Å². The first-order valence-electron chi connectivity index (χ1n) is 6.00. The number of hydrogen-bond acceptors (Lipinski definition) is 1. The molecule has 18 heavy (non-hydrogen) atoms. The van der Waals surface area contributed by atoms with Gasteiger partial charge in [0.2, 0.25) is 0 Å². The van der Waals surface area contributed by atoms with Gasteiger partial charge in [0.25, 0.3) is 0 Å². The van der Waals surface area contributed by atoms with Crippen molar-refractivity contribution in [1.29, 1.82) is 0 Å². The minimum absolute atomic E-state index is 0.231. The monoisotopic (exact) mass is 240 g/mol. The van der Waals surface area contributed by atoms with Crippen molar-refractivity contribution in [1.82, 2.24) is 0 Å². The van der Waals surface area contributed by atoms with E-state index in [1.807, 2.05) is 54.6 Å². The lowest BCUT2D eigenvalue weighted by Gasteiger charge is -2.07. The summed E-state index contributed by atoms with van der Waals surface area (Å²) in [5, 5.41) is 5.56. The van der Waals surface area contributed by atoms with E-state index in [9.17, 15) is 4.79 Å². The molecule has 0 fully saturated rings. The maximum absolute atomic E-state index is 11.7. The van der Waals surface area contributed by atoms with Crippen molar-refractivity contribution in [3.05, 3.63) is 60.2 Å². The van der Waals surface area contributed by atoms with Crippen LogP contribution in [0.25, 0.3) is 0 Å². The number of aryl methyl sites for hydroxylation is 1. The summed E-state index contributed by atoms with van der Waals surface area (Å²) < 4.78 is 0. The molecule has 0 heterocycles. The summed E-state index contributed by atoms with van der Waals surface area (Å²) in [7, 11) is 0. The third-order valence-corrected chi connectivity index (χ3v) is 2.65. The van der Waals surface area contributed by atoms with E-state index in [2.05, 4.69) is 17.6 Å². The highest BCUT2D eigenvalue weighted by molar-refractivity contribution is 5.99. The van der Waals surface area contributed by atoms with Crippen LogP contribution < -0.4 is 10.6 Å². The van der Waals surface area contributed by atoms with Gasteiger partial charge in [0.1, 0.15) is 0 Å². The molecule has 0 bridgehead atoms. The molecule has 0 radical (unpaired) electrons. The van der Waals surface area contributed by atoms with E-state index in [1.165, 1.54) is 5.56 Å². The van der Waals surface area contributed by atoms with E-state index in [0.717, 1.165) is 17.8 Å². The first-order valence-corrected chi connectivity index (χ1v) is 6.00. The van der Waals surface area contributed by atoms with Gasteiger partial charge < -0.3 is 10.6 Å². The topological polar surface area (TPSA) is 41.1 Å². The van der Waals surface area contributed by atoms with Gasteiger partial charge in [0.05, 0.1) is 0 Å². The van der Waals surface area contributed by atoms with Crippen LogP contribution in [-0.2, 0) is 6.42 Å². The predicted molar refractivity (Wildman–Crippen MR) is 74.9 cm³/mol. The van der Waals surface area contributed by atoms with Crippen molar-refractivity contribution in [2.75, 3.05) is 10.6 Å². The number of benzene rings is 2. The van der Waals surface area contributed by atoms with Crippen LogP contribution in [0.5, 0.6) is 0 Å². The summed E-state index contributed by atoms with van der Waals surface area (Å²) in [6.45, 7) is 2.10. The van der Waals surface area contributed by atoms with E-state index < -0.39 is 0 Å². The summed E-state index contributed by atoms with van der Waals surface area (Å²) in [6, 6.07) is 17.0. The number of nitrogens with one attached hydrogen (secondary N) is 2. The molecule has 0 aromatic heterocycles. The Bertz CT molecular complexity index is 506. The molecule has 0 atom stereocenters. The third kappa shape index (κ3) is 3.35. The summed E-state index contributed by atoms with van der Waals surface area (Å²) in [5.41, 5.74) is 2.82. The molecule has 3 heteroatoms. The number of amides is 2. The second-order valence-corrected chi connectivity index (χ2v) is 4.00. The van der Waals surface area contributed by atoms with E-state index >= 15 is 0 Å². The zero-order valence-electron chi connectivity index (χ0n) is 10.3. The molecule has 0 unspecified atom stereocenters. The molecular formula is C15H16N2O. The Morgan fingerprint density at radius 2 is 1.44 bits per heavy atom. The van der Waals surface area contributed by atoms with Gasteiger partial charge in [-0.1, -0.05) is 37.3 Å². The number of para-hydroxylation sites is 1. The second-order valence-electron chi connectivity index (χ2n) is 4.00. The first-order chi connectivity index (χ1) is 8.78. The fraction of sp³-hybridized carbons (Fsp3) is 0.133. The maximum atomic E-state index is 11.7. The highest BCUT2D eigenvalue weighted by Crippen LogP contribution is 2.11. The van der Waals surface area contributed by atoms with Crippen LogP contribution in [0.3, 0.4) is 0 Å². The molecule has 2 amide bonds. The third-order valence-electron chi connectivity index (χ3n) is 2.65. The summed E-state index contributed by atoms with van der Waals surface area (Å²) in [6.07, 6.45) is 0.997. The molecule has 0 saturated carbocycles. The predicted octanol–water partition coefficient (Wildman–Crippen LogP) is 3.89. The Balaban J connectivity index is 1.94. The van der Waals surface area contributed by atoms with E-state index in [0.29, 0.717) is 0 Å². The van der Waals surface area contributed by atoms with Gasteiger partial charge in [-0.15, -0.1) is 0 Å². The summed E-state index contributed by atoms with van der Waals surface area (Å²) >= 11 is 0. The lowest BCUT2D eigenvalue weighted by molar-refractivity contribution is 0.262. The van der Waals surface area contributed by atoms with Crippen LogP contribution in [-0.4, -0.2) is 6.03 Å². The van der Waals surface area contributed by atoms with Crippen molar-refractivity contribution < 1.29 is 4.79 Å². The number of anilines is 2. The van der Waals surface area contributed by atoms with Crippen LogP contribution in [0.2, 0.25) is 0 Å². The van der Waals surface area contributed by atoms with Gasteiger partial charge in [-0.05, 0) is 36.2 Å². The molecule has 2 rings (SSSR count). The lowest BCUT2D eigenvalue weighted by Crippen LogP contribution is -2.19. The van der Waals surface area contributed by atoms with E-state index in [-0.39, 0.29) is 6.03 Å². The maximum Gasteiger partial charge on any atom is 0.323 e. The zero-order valence-corrected chi connectivity index (χ0v) is 10.3. The minimum Gasteiger partial charge on any atom is -0.308 e.